The number of aromatic nitrogens is 3. The fraction of sp³-hybridized carbons (Fsp3) is 0.211. The maximum Gasteiger partial charge on any atom is 0.278 e. The zero-order valence-electron chi connectivity index (χ0n) is 14.6. The van der Waals surface area contributed by atoms with E-state index < -0.39 is 5.82 Å². The van der Waals surface area contributed by atoms with Gasteiger partial charge in [-0.25, -0.2) is 9.37 Å². The van der Waals surface area contributed by atoms with Crippen molar-refractivity contribution >= 4 is 39.6 Å². The number of furan rings is 1. The Morgan fingerprint density at radius 2 is 2.25 bits per heavy atom. The van der Waals surface area contributed by atoms with Crippen LogP contribution in [-0.4, -0.2) is 25.8 Å². The van der Waals surface area contributed by atoms with Gasteiger partial charge < -0.3 is 14.3 Å². The quantitative estimate of drug-likeness (QED) is 0.534. The number of hydrogen-bond donors (Lipinski definition) is 1. The monoisotopic (exact) mass is 398 g/mol. The summed E-state index contributed by atoms with van der Waals surface area (Å²) in [6.45, 7) is 0.749. The van der Waals surface area contributed by atoms with E-state index in [1.165, 1.54) is 30.2 Å². The molecule has 0 radical (unpaired) electrons. The molecule has 1 aliphatic heterocycles. The van der Waals surface area contributed by atoms with Crippen LogP contribution in [0.2, 0.25) is 0 Å². The molecule has 1 aromatic carbocycles. The molecule has 4 aromatic rings. The molecule has 0 saturated carbocycles. The summed E-state index contributed by atoms with van der Waals surface area (Å²) >= 11 is 1.50. The normalized spacial score (nSPS) is 13.3. The van der Waals surface area contributed by atoms with Crippen molar-refractivity contribution < 1.29 is 13.6 Å². The third-order valence-corrected chi connectivity index (χ3v) is 5.73. The Balaban J connectivity index is 1.62. The number of nitrogens with one attached hydrogen (secondary N) is 1. The highest BCUT2D eigenvalue weighted by molar-refractivity contribution is 7.99. The van der Waals surface area contributed by atoms with E-state index >= 15 is 0 Å². The van der Waals surface area contributed by atoms with Crippen molar-refractivity contribution in [1.29, 1.82) is 0 Å². The number of fused-ring (bicyclic) bond motifs is 4. The first-order chi connectivity index (χ1) is 13.6. The molecule has 1 N–H and O–H groups in total. The number of benzene rings is 1. The average Bonchev–Trinajstić information content (AvgIpc) is 3.41. The molecule has 0 atom stereocenters. The summed E-state index contributed by atoms with van der Waals surface area (Å²) in [4.78, 5) is 30.2. The standard InChI is InChI=1S/C19H15FN4O3S/c20-11-3-4-14-13(8-11)16-17(18(26)23-5-7-28-19(23)22-16)24(14)10-15(25)21-9-12-2-1-6-27-12/h1-4,6,8H,5,7,9-10H2,(H,21,25). The molecule has 0 spiro atoms. The third kappa shape index (κ3) is 2.70. The van der Waals surface area contributed by atoms with Crippen LogP contribution < -0.4 is 10.9 Å². The van der Waals surface area contributed by atoms with E-state index in [1.807, 2.05) is 0 Å². The predicted molar refractivity (Wildman–Crippen MR) is 103 cm³/mol. The Bertz CT molecular complexity index is 1280. The minimum Gasteiger partial charge on any atom is -0.467 e. The van der Waals surface area contributed by atoms with Gasteiger partial charge in [0.2, 0.25) is 5.91 Å². The van der Waals surface area contributed by atoms with Crippen LogP contribution in [0, 0.1) is 5.82 Å². The van der Waals surface area contributed by atoms with Gasteiger partial charge in [-0.2, -0.15) is 0 Å². The maximum atomic E-state index is 13.9. The molecular formula is C19H15FN4O3S. The molecule has 142 valence electrons. The summed E-state index contributed by atoms with van der Waals surface area (Å²) in [6.07, 6.45) is 1.54. The van der Waals surface area contributed by atoms with Crippen molar-refractivity contribution in [3.8, 4) is 0 Å². The van der Waals surface area contributed by atoms with E-state index in [0.29, 0.717) is 39.4 Å². The zero-order chi connectivity index (χ0) is 19.3. The molecule has 0 aliphatic carbocycles. The van der Waals surface area contributed by atoms with Crippen molar-refractivity contribution in [2.45, 2.75) is 24.8 Å². The van der Waals surface area contributed by atoms with Crippen molar-refractivity contribution in [2.75, 3.05) is 5.75 Å². The summed E-state index contributed by atoms with van der Waals surface area (Å²) in [5.74, 6) is 0.710. The molecule has 0 unspecified atom stereocenters. The minimum atomic E-state index is -0.413. The number of carbonyl (C=O) groups is 1. The molecule has 28 heavy (non-hydrogen) atoms. The second-order valence-electron chi connectivity index (χ2n) is 6.50. The van der Waals surface area contributed by atoms with Crippen molar-refractivity contribution in [1.82, 2.24) is 19.4 Å². The van der Waals surface area contributed by atoms with Gasteiger partial charge in [-0.15, -0.1) is 0 Å². The van der Waals surface area contributed by atoms with Crippen LogP contribution in [-0.2, 0) is 24.4 Å². The lowest BCUT2D eigenvalue weighted by molar-refractivity contribution is -0.121. The van der Waals surface area contributed by atoms with Gasteiger partial charge >= 0.3 is 0 Å². The summed E-state index contributed by atoms with van der Waals surface area (Å²) in [5.41, 5.74) is 1.14. The Morgan fingerprint density at radius 1 is 1.36 bits per heavy atom. The second-order valence-corrected chi connectivity index (χ2v) is 7.56. The molecule has 0 bridgehead atoms. The third-order valence-electron chi connectivity index (χ3n) is 4.77. The Labute approximate surface area is 162 Å². The van der Waals surface area contributed by atoms with E-state index in [-0.39, 0.29) is 24.6 Å². The highest BCUT2D eigenvalue weighted by atomic mass is 32.2. The predicted octanol–water partition coefficient (Wildman–Crippen LogP) is 2.51. The Morgan fingerprint density at radius 3 is 3.07 bits per heavy atom. The Kier molecular flexibility index (Phi) is 3.97. The first-order valence-corrected chi connectivity index (χ1v) is 9.74. The number of halogens is 1. The van der Waals surface area contributed by atoms with Crippen LogP contribution in [0.25, 0.3) is 21.9 Å². The van der Waals surface area contributed by atoms with Crippen molar-refractivity contribution in [3.63, 3.8) is 0 Å². The van der Waals surface area contributed by atoms with Crippen LogP contribution in [0.5, 0.6) is 0 Å². The molecular weight excluding hydrogens is 383 g/mol. The van der Waals surface area contributed by atoms with Crippen LogP contribution in [0.15, 0.2) is 51.0 Å². The highest BCUT2D eigenvalue weighted by Crippen LogP contribution is 2.30. The first-order valence-electron chi connectivity index (χ1n) is 8.76. The lowest BCUT2D eigenvalue weighted by Gasteiger charge is -2.08. The first kappa shape index (κ1) is 17.1. The summed E-state index contributed by atoms with van der Waals surface area (Å²) in [6, 6.07) is 7.76. The molecule has 1 amide bonds. The van der Waals surface area contributed by atoms with Crippen LogP contribution in [0.3, 0.4) is 0 Å². The zero-order valence-corrected chi connectivity index (χ0v) is 15.5. The molecule has 0 saturated heterocycles. The van der Waals surface area contributed by atoms with Gasteiger partial charge in [0.15, 0.2) is 5.16 Å². The molecule has 7 nitrogen and oxygen atoms in total. The SMILES string of the molecule is O=C(Cn1c2ccc(F)cc2c2nc3n(c(=O)c21)CCS3)NCc1ccco1. The average molecular weight is 398 g/mol. The van der Waals surface area contributed by atoms with Gasteiger partial charge in [0.25, 0.3) is 5.56 Å². The number of nitrogens with zero attached hydrogens (tertiary/aromatic N) is 3. The van der Waals surface area contributed by atoms with Gasteiger partial charge in [-0.05, 0) is 30.3 Å². The van der Waals surface area contributed by atoms with Crippen molar-refractivity contribution in [3.05, 3.63) is 58.5 Å². The van der Waals surface area contributed by atoms with Gasteiger partial charge in [0.1, 0.15) is 29.2 Å². The topological polar surface area (TPSA) is 82.1 Å². The van der Waals surface area contributed by atoms with Crippen LogP contribution >= 0.6 is 11.8 Å². The number of carbonyl (C=O) groups excluding carboxylic acids is 1. The number of amides is 1. The smallest absolute Gasteiger partial charge is 0.278 e. The number of rotatable bonds is 4. The minimum absolute atomic E-state index is 0.0737. The molecule has 9 heteroatoms. The summed E-state index contributed by atoms with van der Waals surface area (Å²) in [7, 11) is 0. The van der Waals surface area contributed by atoms with Crippen LogP contribution in [0.1, 0.15) is 5.76 Å². The van der Waals surface area contributed by atoms with Gasteiger partial charge in [0, 0.05) is 17.7 Å². The van der Waals surface area contributed by atoms with Gasteiger partial charge in [-0.3, -0.25) is 14.2 Å². The highest BCUT2D eigenvalue weighted by Gasteiger charge is 2.23. The molecule has 1 aliphatic rings. The molecule has 5 rings (SSSR count). The fourth-order valence-electron chi connectivity index (χ4n) is 3.51. The number of thioether (sulfide) groups is 1. The van der Waals surface area contributed by atoms with E-state index in [1.54, 1.807) is 27.3 Å². The lowest BCUT2D eigenvalue weighted by atomic mass is 10.2. The van der Waals surface area contributed by atoms with E-state index in [4.69, 9.17) is 4.42 Å². The van der Waals surface area contributed by atoms with Crippen molar-refractivity contribution in [2.24, 2.45) is 0 Å². The second kappa shape index (κ2) is 6.52. The van der Waals surface area contributed by atoms with Gasteiger partial charge in [-0.1, -0.05) is 11.8 Å². The largest absolute Gasteiger partial charge is 0.467 e. The fourth-order valence-corrected chi connectivity index (χ4v) is 4.45. The summed E-state index contributed by atoms with van der Waals surface area (Å²) in [5, 5.41) is 3.93. The Hall–Kier alpha value is -3.07. The van der Waals surface area contributed by atoms with Crippen LogP contribution in [0.4, 0.5) is 4.39 Å². The molecule has 3 aromatic heterocycles. The molecule has 4 heterocycles. The molecule has 0 fully saturated rings. The van der Waals surface area contributed by atoms with E-state index in [2.05, 4.69) is 10.3 Å². The number of hydrogen-bond acceptors (Lipinski definition) is 5. The van der Waals surface area contributed by atoms with Gasteiger partial charge in [0.05, 0.1) is 18.3 Å². The summed E-state index contributed by atoms with van der Waals surface area (Å²) < 4.78 is 22.3. The van der Waals surface area contributed by atoms with E-state index in [9.17, 15) is 14.0 Å². The van der Waals surface area contributed by atoms with E-state index in [0.717, 1.165) is 5.75 Å². The lowest BCUT2D eigenvalue weighted by Crippen LogP contribution is -2.29. The maximum absolute atomic E-state index is 13.9.